The minimum absolute atomic E-state index is 0.00581. The van der Waals surface area contributed by atoms with E-state index in [-0.39, 0.29) is 46.8 Å². The lowest BCUT2D eigenvalue weighted by Crippen LogP contribution is -2.71. The number of rotatable bonds is 18. The summed E-state index contributed by atoms with van der Waals surface area (Å²) >= 11 is 2.49. The number of fused-ring (bicyclic) bond motifs is 1. The lowest BCUT2D eigenvalue weighted by atomic mass is 9.80. The molecule has 5 aromatic rings. The van der Waals surface area contributed by atoms with Crippen molar-refractivity contribution in [3.63, 3.8) is 0 Å². The van der Waals surface area contributed by atoms with Crippen LogP contribution in [0.4, 0.5) is 5.13 Å². The van der Waals surface area contributed by atoms with Crippen LogP contribution in [0.25, 0.3) is 6.08 Å². The fraction of sp³-hybridized carbons (Fsp3) is 0.245. The Bertz CT molecular complexity index is 2470. The normalized spacial score (nSPS) is 16.6. The van der Waals surface area contributed by atoms with Gasteiger partial charge in [-0.3, -0.25) is 19.5 Å². The fourth-order valence-electron chi connectivity index (χ4n) is 7.17. The first-order chi connectivity index (χ1) is 31.1. The zero-order chi connectivity index (χ0) is 45.1. The standard InChI is InChI=1S/C49H48N6O7S2/c1-4-15-34(46(58)60-27-25-32(2)3)29-61-47(59)42-35(24-23-33-16-14-26-51-28-33)30-63-45-41(44(57)55(42)45)53-43(56)40(39-31-64-48(50)52-39)54-62-49(36-17-8-5-9-18-36,37-19-10-6-11-20-37)38-21-12-7-13-22-38/h5-24,26,28,31-32,41,45H,4,25,27,29-30H2,1-3H3,(H2,50,52)(H,53,56)/b24-23-,34-15+,54-40?/t41-,45+/m1/s1. The van der Waals surface area contributed by atoms with Crippen molar-refractivity contribution < 1.29 is 33.5 Å². The minimum atomic E-state index is -1.32. The number of hydrogen-bond donors (Lipinski definition) is 2. The molecule has 3 aromatic carbocycles. The second-order valence-corrected chi connectivity index (χ2v) is 17.3. The number of benzene rings is 3. The molecule has 7 rings (SSSR count). The molecule has 0 unspecified atom stereocenters. The Kier molecular flexibility index (Phi) is 14.8. The van der Waals surface area contributed by atoms with Crippen LogP contribution in [0.5, 0.6) is 0 Å². The number of pyridine rings is 1. The molecule has 2 aromatic heterocycles. The quantitative estimate of drug-likeness (QED) is 0.0221. The highest BCUT2D eigenvalue weighted by atomic mass is 32.2. The summed E-state index contributed by atoms with van der Waals surface area (Å²) in [6.07, 6.45) is 9.71. The van der Waals surface area contributed by atoms with E-state index < -0.39 is 40.8 Å². The summed E-state index contributed by atoms with van der Waals surface area (Å²) in [6, 6.07) is 31.2. The van der Waals surface area contributed by atoms with Crippen molar-refractivity contribution in [2.45, 2.75) is 50.6 Å². The number of β-lactam (4-membered cyclic amide) rings is 1. The number of anilines is 1. The predicted molar refractivity (Wildman–Crippen MR) is 248 cm³/mol. The van der Waals surface area contributed by atoms with Gasteiger partial charge in [-0.05, 0) is 36.0 Å². The average Bonchev–Trinajstić information content (AvgIpc) is 3.76. The lowest BCUT2D eigenvalue weighted by molar-refractivity contribution is -0.152. The van der Waals surface area contributed by atoms with Gasteiger partial charge in [-0.25, -0.2) is 14.6 Å². The molecule has 13 nitrogen and oxygen atoms in total. The molecule has 0 saturated carbocycles. The van der Waals surface area contributed by atoms with Crippen molar-refractivity contribution in [1.29, 1.82) is 0 Å². The van der Waals surface area contributed by atoms with Gasteiger partial charge in [0.1, 0.15) is 29.4 Å². The third kappa shape index (κ3) is 10.2. The molecule has 0 spiro atoms. The van der Waals surface area contributed by atoms with Gasteiger partial charge in [-0.1, -0.05) is 141 Å². The van der Waals surface area contributed by atoms with Gasteiger partial charge >= 0.3 is 11.9 Å². The number of amides is 2. The maximum atomic E-state index is 14.5. The van der Waals surface area contributed by atoms with Gasteiger partial charge in [0.25, 0.3) is 11.8 Å². The Morgan fingerprint density at radius 3 is 2.16 bits per heavy atom. The molecule has 2 aliphatic heterocycles. The molecule has 1 saturated heterocycles. The highest BCUT2D eigenvalue weighted by molar-refractivity contribution is 8.00. The molecule has 4 heterocycles. The highest BCUT2D eigenvalue weighted by Gasteiger charge is 2.54. The largest absolute Gasteiger partial charge is 0.462 e. The van der Waals surface area contributed by atoms with Gasteiger partial charge < -0.3 is 25.4 Å². The molecule has 328 valence electrons. The van der Waals surface area contributed by atoms with Gasteiger partial charge in [-0.2, -0.15) is 0 Å². The van der Waals surface area contributed by atoms with Crippen molar-refractivity contribution in [3.05, 3.63) is 178 Å². The first-order valence-corrected chi connectivity index (χ1v) is 22.8. The smallest absolute Gasteiger partial charge is 0.355 e. The first-order valence-electron chi connectivity index (χ1n) is 20.8. The average molecular weight is 897 g/mol. The van der Waals surface area contributed by atoms with Crippen LogP contribution >= 0.6 is 23.1 Å². The molecule has 1 fully saturated rings. The number of thiazole rings is 1. The molecule has 0 bridgehead atoms. The van der Waals surface area contributed by atoms with Crippen molar-refractivity contribution in [2.75, 3.05) is 24.7 Å². The van der Waals surface area contributed by atoms with E-state index in [1.54, 1.807) is 42.1 Å². The van der Waals surface area contributed by atoms with Crippen molar-refractivity contribution >= 4 is 63.8 Å². The zero-order valence-electron chi connectivity index (χ0n) is 35.6. The van der Waals surface area contributed by atoms with Crippen LogP contribution in [0.2, 0.25) is 0 Å². The number of carbonyl (C=O) groups is 4. The SMILES string of the molecule is CC/C=C(\COC(=O)C1=C(/C=C\c2cccnc2)CS[C@H]2[C@H](NC(=O)C(=NOC(c3ccccc3)(c3ccccc3)c3ccccc3)c3csc(N)n3)C(=O)N12)C(=O)OCCC(C)C. The Balaban J connectivity index is 1.18. The van der Waals surface area contributed by atoms with Gasteiger partial charge in [-0.15, -0.1) is 23.1 Å². The summed E-state index contributed by atoms with van der Waals surface area (Å²) in [5.41, 5.74) is 8.43. The zero-order valence-corrected chi connectivity index (χ0v) is 37.2. The van der Waals surface area contributed by atoms with Gasteiger partial charge in [0, 0.05) is 40.2 Å². The summed E-state index contributed by atoms with van der Waals surface area (Å²) in [6.45, 7) is 5.80. The lowest BCUT2D eigenvalue weighted by Gasteiger charge is -2.49. The number of nitrogens with one attached hydrogen (secondary N) is 1. The first kappa shape index (κ1) is 45.2. The van der Waals surface area contributed by atoms with E-state index in [2.05, 4.69) is 20.4 Å². The van der Waals surface area contributed by atoms with Crippen LogP contribution in [-0.4, -0.2) is 74.7 Å². The number of allylic oxidation sites excluding steroid dienone is 2. The summed E-state index contributed by atoms with van der Waals surface area (Å²) in [4.78, 5) is 72.4. The number of ether oxygens (including phenoxy) is 2. The van der Waals surface area contributed by atoms with Gasteiger partial charge in [0.2, 0.25) is 5.60 Å². The molecular formula is C49H48N6O7S2. The number of nitrogens with zero attached hydrogens (tertiary/aromatic N) is 4. The topological polar surface area (TPSA) is 175 Å². The van der Waals surface area contributed by atoms with Crippen molar-refractivity contribution in [2.24, 2.45) is 11.1 Å². The van der Waals surface area contributed by atoms with Crippen LogP contribution in [0.3, 0.4) is 0 Å². The molecule has 2 amide bonds. The molecule has 3 N–H and O–H groups in total. The molecule has 0 aliphatic carbocycles. The van der Waals surface area contributed by atoms with Gasteiger partial charge in [0.05, 0.1) is 12.2 Å². The summed E-state index contributed by atoms with van der Waals surface area (Å²) in [7, 11) is 0. The van der Waals surface area contributed by atoms with E-state index >= 15 is 0 Å². The van der Waals surface area contributed by atoms with E-state index in [0.717, 1.165) is 33.6 Å². The van der Waals surface area contributed by atoms with Crippen LogP contribution < -0.4 is 11.1 Å². The highest BCUT2D eigenvalue weighted by Crippen LogP contribution is 2.43. The number of nitrogens with two attached hydrogens (primary N) is 1. The van der Waals surface area contributed by atoms with Crippen LogP contribution in [-0.2, 0) is 39.1 Å². The van der Waals surface area contributed by atoms with Gasteiger partial charge in [0.15, 0.2) is 10.8 Å². The fourth-order valence-corrected chi connectivity index (χ4v) is 9.04. The van der Waals surface area contributed by atoms with Crippen LogP contribution in [0.1, 0.15) is 61.6 Å². The maximum Gasteiger partial charge on any atom is 0.355 e. The van der Waals surface area contributed by atoms with E-state index in [1.807, 2.05) is 118 Å². The number of esters is 2. The van der Waals surface area contributed by atoms with E-state index in [0.29, 0.717) is 24.3 Å². The van der Waals surface area contributed by atoms with E-state index in [9.17, 15) is 19.2 Å². The van der Waals surface area contributed by atoms with Crippen molar-refractivity contribution in [3.8, 4) is 0 Å². The number of nitrogen functional groups attached to an aromatic ring is 1. The Morgan fingerprint density at radius 2 is 1.59 bits per heavy atom. The summed E-state index contributed by atoms with van der Waals surface area (Å²) in [5.74, 6) is -2.04. The Labute approximate surface area is 380 Å². The summed E-state index contributed by atoms with van der Waals surface area (Å²) < 4.78 is 11.2. The predicted octanol–water partition coefficient (Wildman–Crippen LogP) is 7.67. The number of thioether (sulfide) groups is 1. The number of carbonyl (C=O) groups excluding carboxylic acids is 4. The monoisotopic (exact) mass is 896 g/mol. The minimum Gasteiger partial charge on any atom is -0.462 e. The second-order valence-electron chi connectivity index (χ2n) is 15.3. The molecule has 64 heavy (non-hydrogen) atoms. The number of aromatic nitrogens is 2. The molecule has 0 radical (unpaired) electrons. The Morgan fingerprint density at radius 1 is 0.938 bits per heavy atom. The summed E-state index contributed by atoms with van der Waals surface area (Å²) in [5, 5.41) is 8.54. The van der Waals surface area contributed by atoms with E-state index in [4.69, 9.17) is 20.0 Å². The second kappa shape index (κ2) is 21.0. The van der Waals surface area contributed by atoms with Crippen LogP contribution in [0, 0.1) is 5.92 Å². The number of oxime groups is 1. The molecule has 2 aliphatic rings. The molecular weight excluding hydrogens is 849 g/mol. The third-order valence-electron chi connectivity index (χ3n) is 10.4. The van der Waals surface area contributed by atoms with Crippen molar-refractivity contribution in [1.82, 2.24) is 20.2 Å². The maximum absolute atomic E-state index is 14.5. The molecule has 2 atom stereocenters. The van der Waals surface area contributed by atoms with E-state index in [1.165, 1.54) is 16.7 Å². The molecule has 15 heteroatoms. The Hall–Kier alpha value is -6.84. The number of hydrogen-bond acceptors (Lipinski definition) is 13. The van der Waals surface area contributed by atoms with Crippen LogP contribution in [0.15, 0.2) is 155 Å². The third-order valence-corrected chi connectivity index (χ3v) is 12.4.